The number of nitrogens with zero attached hydrogens (tertiary/aromatic N) is 1. The second kappa shape index (κ2) is 5.56. The molecule has 0 aliphatic rings. The number of aliphatic hydroxyl groups excluding tert-OH is 1. The highest BCUT2D eigenvalue weighted by atomic mass is 32.1. The van der Waals surface area contributed by atoms with Crippen LogP contribution >= 0.6 is 11.3 Å². The van der Waals surface area contributed by atoms with E-state index in [0.717, 1.165) is 5.69 Å². The van der Waals surface area contributed by atoms with E-state index in [0.29, 0.717) is 10.7 Å². The SMILES string of the molecule is O=C(Cc1nc(CO)cs1)Nc1ccccc1. The number of thiazole rings is 1. The third-order valence-electron chi connectivity index (χ3n) is 2.13. The zero-order valence-corrected chi connectivity index (χ0v) is 9.91. The summed E-state index contributed by atoms with van der Waals surface area (Å²) in [5.74, 6) is -0.102. The molecule has 0 saturated carbocycles. The van der Waals surface area contributed by atoms with Crippen LogP contribution in [-0.2, 0) is 17.8 Å². The van der Waals surface area contributed by atoms with E-state index in [1.165, 1.54) is 11.3 Å². The van der Waals surface area contributed by atoms with Crippen molar-refractivity contribution in [3.63, 3.8) is 0 Å². The molecule has 0 unspecified atom stereocenters. The minimum absolute atomic E-state index is 0.0865. The average Bonchev–Trinajstić information content (AvgIpc) is 2.78. The predicted octanol–water partition coefficient (Wildman–Crippen LogP) is 1.82. The quantitative estimate of drug-likeness (QED) is 0.867. The molecule has 1 heterocycles. The smallest absolute Gasteiger partial charge is 0.231 e. The van der Waals surface area contributed by atoms with Crippen molar-refractivity contribution in [1.29, 1.82) is 0 Å². The molecule has 4 nitrogen and oxygen atoms in total. The number of nitrogens with one attached hydrogen (secondary N) is 1. The molecule has 2 rings (SSSR count). The third-order valence-corrected chi connectivity index (χ3v) is 3.03. The van der Waals surface area contributed by atoms with Crippen LogP contribution in [-0.4, -0.2) is 16.0 Å². The van der Waals surface area contributed by atoms with Gasteiger partial charge in [-0.15, -0.1) is 11.3 Å². The largest absolute Gasteiger partial charge is 0.390 e. The van der Waals surface area contributed by atoms with Gasteiger partial charge in [0.25, 0.3) is 0 Å². The summed E-state index contributed by atoms with van der Waals surface area (Å²) < 4.78 is 0. The predicted molar refractivity (Wildman–Crippen MR) is 66.8 cm³/mol. The fraction of sp³-hybridized carbons (Fsp3) is 0.167. The summed E-state index contributed by atoms with van der Waals surface area (Å²) in [6.45, 7) is -0.0865. The topological polar surface area (TPSA) is 62.2 Å². The van der Waals surface area contributed by atoms with Gasteiger partial charge in [0.1, 0.15) is 5.01 Å². The van der Waals surface area contributed by atoms with E-state index in [4.69, 9.17) is 5.11 Å². The molecule has 17 heavy (non-hydrogen) atoms. The summed E-state index contributed by atoms with van der Waals surface area (Å²) in [6, 6.07) is 9.29. The van der Waals surface area contributed by atoms with Crippen molar-refractivity contribution in [3.05, 3.63) is 46.4 Å². The van der Waals surface area contributed by atoms with Crippen molar-refractivity contribution in [2.45, 2.75) is 13.0 Å². The Morgan fingerprint density at radius 3 is 2.76 bits per heavy atom. The minimum Gasteiger partial charge on any atom is -0.390 e. The summed E-state index contributed by atoms with van der Waals surface area (Å²) in [5, 5.41) is 14.1. The van der Waals surface area contributed by atoms with Crippen LogP contribution in [0.4, 0.5) is 5.69 Å². The molecular weight excluding hydrogens is 236 g/mol. The number of anilines is 1. The molecule has 1 amide bonds. The van der Waals surface area contributed by atoms with Crippen molar-refractivity contribution >= 4 is 22.9 Å². The van der Waals surface area contributed by atoms with Gasteiger partial charge in [-0.2, -0.15) is 0 Å². The summed E-state index contributed by atoms with van der Waals surface area (Å²) in [4.78, 5) is 15.8. The monoisotopic (exact) mass is 248 g/mol. The lowest BCUT2D eigenvalue weighted by atomic mass is 10.3. The van der Waals surface area contributed by atoms with Crippen molar-refractivity contribution in [3.8, 4) is 0 Å². The highest BCUT2D eigenvalue weighted by Gasteiger charge is 2.07. The van der Waals surface area contributed by atoms with Gasteiger partial charge in [-0.3, -0.25) is 4.79 Å². The second-order valence-electron chi connectivity index (χ2n) is 3.48. The Hall–Kier alpha value is -1.72. The van der Waals surface area contributed by atoms with Gasteiger partial charge in [0.2, 0.25) is 5.91 Å². The van der Waals surface area contributed by atoms with Crippen molar-refractivity contribution in [1.82, 2.24) is 4.98 Å². The van der Waals surface area contributed by atoms with Crippen LogP contribution in [0.1, 0.15) is 10.7 Å². The van der Waals surface area contributed by atoms with Gasteiger partial charge in [-0.1, -0.05) is 18.2 Å². The molecule has 0 bridgehead atoms. The summed E-state index contributed by atoms with van der Waals surface area (Å²) >= 11 is 1.38. The Morgan fingerprint density at radius 1 is 1.35 bits per heavy atom. The van der Waals surface area contributed by atoms with E-state index in [9.17, 15) is 4.79 Å². The molecule has 2 aromatic rings. The van der Waals surface area contributed by atoms with Crippen LogP contribution in [0.3, 0.4) is 0 Å². The van der Waals surface area contributed by atoms with E-state index in [1.54, 1.807) is 5.38 Å². The van der Waals surface area contributed by atoms with Gasteiger partial charge in [0.15, 0.2) is 0 Å². The van der Waals surface area contributed by atoms with E-state index in [1.807, 2.05) is 30.3 Å². The maximum atomic E-state index is 11.7. The molecule has 0 atom stereocenters. The fourth-order valence-electron chi connectivity index (χ4n) is 1.37. The first-order valence-corrected chi connectivity index (χ1v) is 6.05. The number of carbonyl (C=O) groups is 1. The van der Waals surface area contributed by atoms with Crippen LogP contribution in [0.15, 0.2) is 35.7 Å². The van der Waals surface area contributed by atoms with E-state index in [2.05, 4.69) is 10.3 Å². The van der Waals surface area contributed by atoms with Gasteiger partial charge in [-0.25, -0.2) is 4.98 Å². The van der Waals surface area contributed by atoms with Gasteiger partial charge in [-0.05, 0) is 12.1 Å². The number of benzene rings is 1. The lowest BCUT2D eigenvalue weighted by molar-refractivity contribution is -0.115. The standard InChI is InChI=1S/C12H12N2O2S/c15-7-10-8-17-12(14-10)6-11(16)13-9-4-2-1-3-5-9/h1-5,8,15H,6-7H2,(H,13,16). The normalized spacial score (nSPS) is 10.2. The van der Waals surface area contributed by atoms with Crippen molar-refractivity contribution in [2.75, 3.05) is 5.32 Å². The summed E-state index contributed by atoms with van der Waals surface area (Å²) in [7, 11) is 0. The maximum absolute atomic E-state index is 11.7. The first-order valence-electron chi connectivity index (χ1n) is 5.17. The molecule has 0 aliphatic heterocycles. The minimum atomic E-state index is -0.102. The molecule has 1 aromatic heterocycles. The van der Waals surface area contributed by atoms with E-state index in [-0.39, 0.29) is 18.9 Å². The Balaban J connectivity index is 1.93. The fourth-order valence-corrected chi connectivity index (χ4v) is 2.15. The number of para-hydroxylation sites is 1. The van der Waals surface area contributed by atoms with Crippen LogP contribution in [0.2, 0.25) is 0 Å². The second-order valence-corrected chi connectivity index (χ2v) is 4.42. The number of amides is 1. The number of rotatable bonds is 4. The number of hydrogen-bond acceptors (Lipinski definition) is 4. The van der Waals surface area contributed by atoms with E-state index >= 15 is 0 Å². The first kappa shape index (κ1) is 11.8. The molecule has 2 N–H and O–H groups in total. The third kappa shape index (κ3) is 3.37. The average molecular weight is 248 g/mol. The molecule has 0 saturated heterocycles. The molecule has 0 aliphatic carbocycles. The van der Waals surface area contributed by atoms with Crippen LogP contribution < -0.4 is 5.32 Å². The molecule has 1 aromatic carbocycles. The van der Waals surface area contributed by atoms with Crippen LogP contribution in [0, 0.1) is 0 Å². The highest BCUT2D eigenvalue weighted by molar-refractivity contribution is 7.09. The van der Waals surface area contributed by atoms with E-state index < -0.39 is 0 Å². The number of aromatic nitrogens is 1. The maximum Gasteiger partial charge on any atom is 0.231 e. The zero-order chi connectivity index (χ0) is 12.1. The Labute approximate surface area is 103 Å². The van der Waals surface area contributed by atoms with Crippen LogP contribution in [0.25, 0.3) is 0 Å². The lowest BCUT2D eigenvalue weighted by Crippen LogP contribution is -2.14. The number of hydrogen-bond donors (Lipinski definition) is 2. The molecule has 88 valence electrons. The Bertz CT molecular complexity index is 496. The molecule has 0 fully saturated rings. The number of aliphatic hydroxyl groups is 1. The Morgan fingerprint density at radius 2 is 2.12 bits per heavy atom. The zero-order valence-electron chi connectivity index (χ0n) is 9.09. The van der Waals surface area contributed by atoms with Gasteiger partial charge < -0.3 is 10.4 Å². The lowest BCUT2D eigenvalue weighted by Gasteiger charge is -2.02. The van der Waals surface area contributed by atoms with Gasteiger partial charge in [0.05, 0.1) is 18.7 Å². The van der Waals surface area contributed by atoms with Crippen molar-refractivity contribution < 1.29 is 9.90 Å². The molecule has 0 radical (unpaired) electrons. The van der Waals surface area contributed by atoms with Crippen molar-refractivity contribution in [2.24, 2.45) is 0 Å². The highest BCUT2D eigenvalue weighted by Crippen LogP contribution is 2.12. The molecule has 5 heteroatoms. The first-order chi connectivity index (χ1) is 8.28. The van der Waals surface area contributed by atoms with Gasteiger partial charge in [0, 0.05) is 11.1 Å². The Kier molecular flexibility index (Phi) is 3.85. The van der Waals surface area contributed by atoms with Gasteiger partial charge >= 0.3 is 0 Å². The summed E-state index contributed by atoms with van der Waals surface area (Å²) in [6.07, 6.45) is 0.236. The summed E-state index contributed by atoms with van der Waals surface area (Å²) in [5.41, 5.74) is 1.38. The van der Waals surface area contributed by atoms with Crippen LogP contribution in [0.5, 0.6) is 0 Å². The molecular formula is C12H12N2O2S. The number of carbonyl (C=O) groups excluding carboxylic acids is 1. The molecule has 0 spiro atoms.